The largest absolute Gasteiger partial charge is 0.382 e. The third kappa shape index (κ3) is 2.50. The number of amidine groups is 1. The highest BCUT2D eigenvalue weighted by Crippen LogP contribution is 2.37. The summed E-state index contributed by atoms with van der Waals surface area (Å²) in [5, 5.41) is 7.64. The molecule has 2 fully saturated rings. The summed E-state index contributed by atoms with van der Waals surface area (Å²) in [5.74, 6) is 0.974. The fraction of sp³-hybridized carbons (Fsp3) is 0.600. The standard InChI is InChI=1S/C15H22N4/c16-15(17)14-12(5-2-8-18-14)10-19-9-3-6-11-4-1-7-13(11)19/h2,5,8,11,13H,1,3-4,6-7,9-10H2,(H3,16,17). The van der Waals surface area contributed by atoms with Crippen LogP contribution in [-0.4, -0.2) is 28.3 Å². The minimum absolute atomic E-state index is 0.0792. The number of nitrogens with two attached hydrogens (primary N) is 1. The number of hydrogen-bond donors (Lipinski definition) is 2. The van der Waals surface area contributed by atoms with E-state index in [0.717, 1.165) is 24.1 Å². The Balaban J connectivity index is 1.79. The first-order valence-electron chi connectivity index (χ1n) is 7.28. The number of pyridine rings is 1. The number of fused-ring (bicyclic) bond motifs is 1. The average Bonchev–Trinajstić information content (AvgIpc) is 2.88. The molecule has 1 aliphatic carbocycles. The van der Waals surface area contributed by atoms with E-state index >= 15 is 0 Å². The number of likely N-dealkylation sites (tertiary alicyclic amines) is 1. The molecule has 3 rings (SSSR count). The molecule has 4 nitrogen and oxygen atoms in total. The fourth-order valence-corrected chi connectivity index (χ4v) is 3.78. The van der Waals surface area contributed by atoms with Gasteiger partial charge >= 0.3 is 0 Å². The Morgan fingerprint density at radius 3 is 3.05 bits per heavy atom. The zero-order valence-corrected chi connectivity index (χ0v) is 11.3. The van der Waals surface area contributed by atoms with Gasteiger partial charge in [-0.3, -0.25) is 15.3 Å². The average molecular weight is 258 g/mol. The van der Waals surface area contributed by atoms with E-state index in [9.17, 15) is 0 Å². The van der Waals surface area contributed by atoms with Crippen molar-refractivity contribution in [2.75, 3.05) is 6.54 Å². The molecule has 1 aromatic heterocycles. The highest BCUT2D eigenvalue weighted by atomic mass is 15.2. The lowest BCUT2D eigenvalue weighted by Gasteiger charge is -2.38. The van der Waals surface area contributed by atoms with Crippen molar-refractivity contribution in [1.82, 2.24) is 9.88 Å². The number of rotatable bonds is 3. The van der Waals surface area contributed by atoms with Crippen LogP contribution in [-0.2, 0) is 6.54 Å². The molecule has 102 valence electrons. The van der Waals surface area contributed by atoms with E-state index in [1.165, 1.54) is 38.6 Å². The zero-order valence-electron chi connectivity index (χ0n) is 11.3. The summed E-state index contributed by atoms with van der Waals surface area (Å²) >= 11 is 0. The number of hydrogen-bond acceptors (Lipinski definition) is 3. The minimum atomic E-state index is 0.0792. The first-order chi connectivity index (χ1) is 9.25. The Kier molecular flexibility index (Phi) is 3.51. The Labute approximate surface area is 114 Å². The second-order valence-electron chi connectivity index (χ2n) is 5.80. The van der Waals surface area contributed by atoms with Crippen molar-refractivity contribution in [2.45, 2.75) is 44.7 Å². The molecule has 1 saturated heterocycles. The molecule has 0 spiro atoms. The van der Waals surface area contributed by atoms with Gasteiger partial charge in [0, 0.05) is 18.8 Å². The number of nitrogens with one attached hydrogen (secondary N) is 1. The maximum atomic E-state index is 7.64. The molecule has 1 aromatic rings. The smallest absolute Gasteiger partial charge is 0.142 e. The molecule has 2 heterocycles. The van der Waals surface area contributed by atoms with Crippen LogP contribution in [0.3, 0.4) is 0 Å². The van der Waals surface area contributed by atoms with Crippen LogP contribution in [0.2, 0.25) is 0 Å². The van der Waals surface area contributed by atoms with Gasteiger partial charge in [-0.05, 0) is 49.8 Å². The Hall–Kier alpha value is -1.42. The Morgan fingerprint density at radius 2 is 2.21 bits per heavy atom. The van der Waals surface area contributed by atoms with Crippen molar-refractivity contribution in [3.8, 4) is 0 Å². The summed E-state index contributed by atoms with van der Waals surface area (Å²) < 4.78 is 0. The van der Waals surface area contributed by atoms with E-state index in [-0.39, 0.29) is 5.84 Å². The van der Waals surface area contributed by atoms with Crippen molar-refractivity contribution in [1.29, 1.82) is 5.41 Å². The Morgan fingerprint density at radius 1 is 1.37 bits per heavy atom. The molecule has 3 N–H and O–H groups in total. The van der Waals surface area contributed by atoms with Gasteiger partial charge in [-0.2, -0.15) is 0 Å². The maximum Gasteiger partial charge on any atom is 0.142 e. The van der Waals surface area contributed by atoms with Crippen molar-refractivity contribution in [2.24, 2.45) is 11.7 Å². The summed E-state index contributed by atoms with van der Waals surface area (Å²) in [6.45, 7) is 2.07. The summed E-state index contributed by atoms with van der Waals surface area (Å²) in [5.41, 5.74) is 7.38. The summed E-state index contributed by atoms with van der Waals surface area (Å²) in [6.07, 6.45) is 8.52. The van der Waals surface area contributed by atoms with Gasteiger partial charge in [0.2, 0.25) is 0 Å². The molecule has 1 aliphatic heterocycles. The quantitative estimate of drug-likeness (QED) is 0.645. The predicted molar refractivity (Wildman–Crippen MR) is 76.0 cm³/mol. The first kappa shape index (κ1) is 12.6. The van der Waals surface area contributed by atoms with Crippen molar-refractivity contribution in [3.05, 3.63) is 29.6 Å². The molecule has 0 bridgehead atoms. The van der Waals surface area contributed by atoms with Gasteiger partial charge < -0.3 is 5.73 Å². The Bertz CT molecular complexity index is 471. The van der Waals surface area contributed by atoms with Crippen LogP contribution in [0.4, 0.5) is 0 Å². The van der Waals surface area contributed by atoms with E-state index in [1.54, 1.807) is 6.20 Å². The van der Waals surface area contributed by atoms with Crippen LogP contribution in [0.1, 0.15) is 43.4 Å². The monoisotopic (exact) mass is 258 g/mol. The van der Waals surface area contributed by atoms with Crippen LogP contribution < -0.4 is 5.73 Å². The van der Waals surface area contributed by atoms with Crippen LogP contribution in [0, 0.1) is 11.3 Å². The summed E-state index contributed by atoms with van der Waals surface area (Å²) in [7, 11) is 0. The third-order valence-electron chi connectivity index (χ3n) is 4.63. The molecule has 0 amide bonds. The van der Waals surface area contributed by atoms with Crippen molar-refractivity contribution in [3.63, 3.8) is 0 Å². The molecule has 2 atom stereocenters. The number of aromatic nitrogens is 1. The first-order valence-corrected chi connectivity index (χ1v) is 7.28. The zero-order chi connectivity index (χ0) is 13.2. The van der Waals surface area contributed by atoms with Gasteiger partial charge in [-0.1, -0.05) is 12.5 Å². The predicted octanol–water partition coefficient (Wildman–Crippen LogP) is 2.13. The van der Waals surface area contributed by atoms with E-state index in [0.29, 0.717) is 5.69 Å². The van der Waals surface area contributed by atoms with Crippen molar-refractivity contribution >= 4 is 5.84 Å². The highest BCUT2D eigenvalue weighted by molar-refractivity contribution is 5.94. The lowest BCUT2D eigenvalue weighted by atomic mass is 9.91. The van der Waals surface area contributed by atoms with E-state index in [1.807, 2.05) is 6.07 Å². The molecule has 1 saturated carbocycles. The molecule has 19 heavy (non-hydrogen) atoms. The van der Waals surface area contributed by atoms with Gasteiger partial charge in [-0.25, -0.2) is 0 Å². The normalized spacial score (nSPS) is 27.2. The second kappa shape index (κ2) is 5.29. The number of piperidine rings is 1. The molecule has 0 radical (unpaired) electrons. The second-order valence-corrected chi connectivity index (χ2v) is 5.80. The van der Waals surface area contributed by atoms with Gasteiger partial charge in [0.05, 0.1) is 0 Å². The summed E-state index contributed by atoms with van der Waals surface area (Å²) in [4.78, 5) is 6.84. The van der Waals surface area contributed by atoms with E-state index in [2.05, 4.69) is 16.0 Å². The molecule has 2 unspecified atom stereocenters. The molecular formula is C15H22N4. The summed E-state index contributed by atoms with van der Waals surface area (Å²) in [6, 6.07) is 4.74. The van der Waals surface area contributed by atoms with E-state index in [4.69, 9.17) is 11.1 Å². The van der Waals surface area contributed by atoms with Gasteiger partial charge in [0.1, 0.15) is 11.5 Å². The van der Waals surface area contributed by atoms with Crippen molar-refractivity contribution < 1.29 is 0 Å². The van der Waals surface area contributed by atoms with Crippen LogP contribution in [0.5, 0.6) is 0 Å². The molecule has 2 aliphatic rings. The minimum Gasteiger partial charge on any atom is -0.382 e. The van der Waals surface area contributed by atoms with Gasteiger partial charge in [-0.15, -0.1) is 0 Å². The van der Waals surface area contributed by atoms with Gasteiger partial charge in [0.25, 0.3) is 0 Å². The van der Waals surface area contributed by atoms with E-state index < -0.39 is 0 Å². The van der Waals surface area contributed by atoms with Crippen LogP contribution >= 0.6 is 0 Å². The fourth-order valence-electron chi connectivity index (χ4n) is 3.78. The van der Waals surface area contributed by atoms with Crippen LogP contribution in [0.15, 0.2) is 18.3 Å². The maximum absolute atomic E-state index is 7.64. The SMILES string of the molecule is N=C(N)c1ncccc1CN1CCCC2CCCC21. The topological polar surface area (TPSA) is 66.0 Å². The van der Waals surface area contributed by atoms with Gasteiger partial charge in [0.15, 0.2) is 0 Å². The molecule has 4 heteroatoms. The van der Waals surface area contributed by atoms with Crippen LogP contribution in [0.25, 0.3) is 0 Å². The lowest BCUT2D eigenvalue weighted by molar-refractivity contribution is 0.105. The third-order valence-corrected chi connectivity index (χ3v) is 4.63. The number of nitrogens with zero attached hydrogens (tertiary/aromatic N) is 2. The lowest BCUT2D eigenvalue weighted by Crippen LogP contribution is -2.42. The highest BCUT2D eigenvalue weighted by Gasteiger charge is 2.34. The molecule has 0 aromatic carbocycles. The number of nitrogen functional groups attached to an aromatic ring is 1. The molecular weight excluding hydrogens is 236 g/mol.